The molecule has 1 fully saturated rings. The van der Waals surface area contributed by atoms with E-state index in [0.29, 0.717) is 16.9 Å². The van der Waals surface area contributed by atoms with Crippen LogP contribution in [0.1, 0.15) is 47.3 Å². The van der Waals surface area contributed by atoms with E-state index in [1.165, 1.54) is 5.56 Å². The minimum Gasteiger partial charge on any atom is -0.368 e. The van der Waals surface area contributed by atoms with Gasteiger partial charge in [-0.05, 0) is 79.4 Å². The first-order valence-corrected chi connectivity index (χ1v) is 15.4. The normalized spacial score (nSPS) is 18.2. The Balaban J connectivity index is 1.47. The molecule has 200 valence electrons. The first kappa shape index (κ1) is 26.9. The second-order valence-corrected chi connectivity index (χ2v) is 12.4. The average molecular weight is 598 g/mol. The summed E-state index contributed by atoms with van der Waals surface area (Å²) >= 11 is 3.38. The second kappa shape index (κ2) is 11.6. The van der Waals surface area contributed by atoms with E-state index in [0.717, 1.165) is 62.0 Å². The fourth-order valence-electron chi connectivity index (χ4n) is 5.31. The van der Waals surface area contributed by atoms with Gasteiger partial charge in [0.2, 0.25) is 10.0 Å². The maximum atomic E-state index is 14.0. The summed E-state index contributed by atoms with van der Waals surface area (Å²) in [7, 11) is -3.89. The zero-order valence-electron chi connectivity index (χ0n) is 21.5. The lowest BCUT2D eigenvalue weighted by atomic mass is 9.88. The van der Waals surface area contributed by atoms with Gasteiger partial charge in [0.25, 0.3) is 5.91 Å². The third-order valence-corrected chi connectivity index (χ3v) is 9.47. The van der Waals surface area contributed by atoms with Crippen LogP contribution in [0.25, 0.3) is 0 Å². The summed E-state index contributed by atoms with van der Waals surface area (Å²) in [4.78, 5) is 17.6. The van der Waals surface area contributed by atoms with Crippen LogP contribution >= 0.6 is 15.9 Å². The Morgan fingerprint density at radius 1 is 1.00 bits per heavy atom. The molecule has 3 aromatic rings. The highest BCUT2D eigenvalue weighted by Gasteiger charge is 2.30. The van der Waals surface area contributed by atoms with Crippen molar-refractivity contribution in [2.24, 2.45) is 0 Å². The van der Waals surface area contributed by atoms with Crippen molar-refractivity contribution in [3.63, 3.8) is 0 Å². The lowest BCUT2D eigenvalue weighted by Crippen LogP contribution is -2.46. The summed E-state index contributed by atoms with van der Waals surface area (Å²) in [6, 6.07) is 20.0. The SMILES string of the molecule is CCN1CCN(c2ccc(NC(=O)c3ccc(Br)cc3)cc2S(=O)(=O)NC2CCCc3ccccc32)CC1. The molecule has 1 saturated heterocycles. The maximum absolute atomic E-state index is 14.0. The van der Waals surface area contributed by atoms with Crippen LogP contribution in [0, 0.1) is 0 Å². The average Bonchev–Trinajstić information content (AvgIpc) is 2.93. The molecule has 2 N–H and O–H groups in total. The number of hydrogen-bond acceptors (Lipinski definition) is 5. The van der Waals surface area contributed by atoms with Crippen molar-refractivity contribution in [2.45, 2.75) is 37.1 Å². The van der Waals surface area contributed by atoms with Crippen molar-refractivity contribution in [3.8, 4) is 0 Å². The third-order valence-electron chi connectivity index (χ3n) is 7.44. The highest BCUT2D eigenvalue weighted by molar-refractivity contribution is 9.10. The van der Waals surface area contributed by atoms with Crippen LogP contribution < -0.4 is 14.9 Å². The van der Waals surface area contributed by atoms with Crippen molar-refractivity contribution in [3.05, 3.63) is 87.9 Å². The van der Waals surface area contributed by atoms with Crippen molar-refractivity contribution in [1.82, 2.24) is 9.62 Å². The Hall–Kier alpha value is -2.72. The van der Waals surface area contributed by atoms with Crippen molar-refractivity contribution < 1.29 is 13.2 Å². The summed E-state index contributed by atoms with van der Waals surface area (Å²) in [5.41, 5.74) is 3.84. The molecule has 0 bridgehead atoms. The number of likely N-dealkylation sites (N-methyl/N-ethyl adjacent to an activating group) is 1. The van der Waals surface area contributed by atoms with Crippen molar-refractivity contribution in [1.29, 1.82) is 0 Å². The number of sulfonamides is 1. The van der Waals surface area contributed by atoms with Crippen molar-refractivity contribution >= 4 is 43.2 Å². The lowest BCUT2D eigenvalue weighted by molar-refractivity contribution is 0.102. The fourth-order valence-corrected chi connectivity index (χ4v) is 7.07. The smallest absolute Gasteiger partial charge is 0.255 e. The number of carbonyl (C=O) groups excluding carboxylic acids is 1. The number of halogens is 1. The van der Waals surface area contributed by atoms with Gasteiger partial charge >= 0.3 is 0 Å². The van der Waals surface area contributed by atoms with E-state index >= 15 is 0 Å². The highest BCUT2D eigenvalue weighted by atomic mass is 79.9. The van der Waals surface area contributed by atoms with E-state index in [9.17, 15) is 13.2 Å². The molecule has 1 heterocycles. The number of rotatable bonds is 7. The molecule has 5 rings (SSSR count). The highest BCUT2D eigenvalue weighted by Crippen LogP contribution is 2.34. The van der Waals surface area contributed by atoms with Crippen LogP contribution in [0.15, 0.2) is 76.1 Å². The number of hydrogen-bond donors (Lipinski definition) is 2. The largest absolute Gasteiger partial charge is 0.368 e. The minimum absolute atomic E-state index is 0.194. The van der Waals surface area contributed by atoms with Crippen LogP contribution in [0.4, 0.5) is 11.4 Å². The Bertz CT molecular complexity index is 1400. The second-order valence-electron chi connectivity index (χ2n) is 9.83. The summed E-state index contributed by atoms with van der Waals surface area (Å²) < 4.78 is 31.8. The molecule has 2 aliphatic rings. The fraction of sp³-hybridized carbons (Fsp3) is 0.345. The molecule has 1 unspecified atom stereocenters. The first-order valence-electron chi connectivity index (χ1n) is 13.1. The topological polar surface area (TPSA) is 81.8 Å². The zero-order valence-corrected chi connectivity index (χ0v) is 23.9. The Morgan fingerprint density at radius 3 is 2.47 bits per heavy atom. The monoisotopic (exact) mass is 596 g/mol. The van der Waals surface area contributed by atoms with E-state index in [-0.39, 0.29) is 16.8 Å². The van der Waals surface area contributed by atoms with Crippen LogP contribution in [-0.4, -0.2) is 51.9 Å². The molecule has 1 atom stereocenters. The summed E-state index contributed by atoms with van der Waals surface area (Å²) in [6.07, 6.45) is 2.64. The Morgan fingerprint density at radius 2 is 1.74 bits per heavy atom. The minimum atomic E-state index is -3.89. The standard InChI is InChI=1S/C29H33BrN4O3S/c1-2-33-16-18-34(19-17-33)27-15-14-24(31-29(35)22-10-12-23(30)13-11-22)20-28(27)38(36,37)32-26-9-5-7-21-6-3-4-8-25(21)26/h3-4,6,8,10-15,20,26,32H,2,5,7,9,16-19H2,1H3,(H,31,35). The van der Waals surface area contributed by atoms with Gasteiger partial charge in [-0.2, -0.15) is 0 Å². The number of benzene rings is 3. The van der Waals surface area contributed by atoms with Gasteiger partial charge in [0.15, 0.2) is 0 Å². The number of nitrogens with zero attached hydrogens (tertiary/aromatic N) is 2. The molecule has 1 aliphatic carbocycles. The molecule has 0 radical (unpaired) electrons. The Labute approximate surface area is 233 Å². The molecule has 0 saturated carbocycles. The number of piperazine rings is 1. The summed E-state index contributed by atoms with van der Waals surface area (Å²) in [5.74, 6) is -0.292. The zero-order chi connectivity index (χ0) is 26.7. The van der Waals surface area contributed by atoms with Gasteiger partial charge in [0, 0.05) is 47.9 Å². The Kier molecular flexibility index (Phi) is 8.18. The molecule has 38 heavy (non-hydrogen) atoms. The third kappa shape index (κ3) is 5.96. The predicted octanol–water partition coefficient (Wildman–Crippen LogP) is 5.20. The van der Waals surface area contributed by atoms with E-state index in [1.54, 1.807) is 36.4 Å². The van der Waals surface area contributed by atoms with Gasteiger partial charge in [-0.15, -0.1) is 0 Å². The lowest BCUT2D eigenvalue weighted by Gasteiger charge is -2.36. The molecule has 3 aromatic carbocycles. The van der Waals surface area contributed by atoms with E-state index in [4.69, 9.17) is 0 Å². The van der Waals surface area contributed by atoms with Gasteiger partial charge in [-0.3, -0.25) is 4.79 Å². The first-order chi connectivity index (χ1) is 18.3. The van der Waals surface area contributed by atoms with Gasteiger partial charge in [0.1, 0.15) is 4.90 Å². The molecule has 1 aliphatic heterocycles. The molecule has 9 heteroatoms. The maximum Gasteiger partial charge on any atom is 0.255 e. The van der Waals surface area contributed by atoms with Gasteiger partial charge in [-0.1, -0.05) is 47.1 Å². The number of amides is 1. The van der Waals surface area contributed by atoms with E-state index in [2.05, 4.69) is 48.8 Å². The number of nitrogens with one attached hydrogen (secondary N) is 2. The quantitative estimate of drug-likeness (QED) is 0.392. The number of fused-ring (bicyclic) bond motifs is 1. The molecule has 7 nitrogen and oxygen atoms in total. The number of aryl methyl sites for hydroxylation is 1. The van der Waals surface area contributed by atoms with Gasteiger partial charge in [0.05, 0.1) is 5.69 Å². The van der Waals surface area contributed by atoms with E-state index in [1.807, 2.05) is 24.3 Å². The number of carbonyl (C=O) groups is 1. The van der Waals surface area contributed by atoms with E-state index < -0.39 is 10.0 Å². The molecular formula is C29H33BrN4O3S. The van der Waals surface area contributed by atoms with Crippen LogP contribution in [0.5, 0.6) is 0 Å². The number of anilines is 2. The van der Waals surface area contributed by atoms with Crippen LogP contribution in [0.3, 0.4) is 0 Å². The van der Waals surface area contributed by atoms with Crippen molar-refractivity contribution in [2.75, 3.05) is 42.9 Å². The predicted molar refractivity (Wildman–Crippen MR) is 155 cm³/mol. The van der Waals surface area contributed by atoms with Crippen LogP contribution in [0.2, 0.25) is 0 Å². The summed E-state index contributed by atoms with van der Waals surface area (Å²) in [5, 5.41) is 2.88. The van der Waals surface area contributed by atoms with Gasteiger partial charge < -0.3 is 15.1 Å². The molecule has 1 amide bonds. The molecule has 0 aromatic heterocycles. The van der Waals surface area contributed by atoms with Crippen LogP contribution in [-0.2, 0) is 16.4 Å². The molecular weight excluding hydrogens is 564 g/mol. The van der Waals surface area contributed by atoms with Gasteiger partial charge in [-0.25, -0.2) is 13.1 Å². The summed E-state index contributed by atoms with van der Waals surface area (Å²) in [6.45, 7) is 6.35. The molecule has 0 spiro atoms.